The summed E-state index contributed by atoms with van der Waals surface area (Å²) in [7, 11) is 0. The number of nitrogens with one attached hydrogen (secondary N) is 2. The molecular formula is C17H13F3N2O2S. The number of amides is 2. The standard InChI is InChI=1S/C17H13F3N2O2S/c18-17(19,20)12-4-1-2-5-13(12)22-16(23)21-10-11-7-8-14(24-11)15-6-3-9-25-15/h1-9H,10H2,(H2,21,22,23). The first-order chi connectivity index (χ1) is 11.9. The van der Waals surface area contributed by atoms with Gasteiger partial charge in [-0.05, 0) is 35.7 Å². The molecule has 2 aromatic heterocycles. The van der Waals surface area contributed by atoms with E-state index in [4.69, 9.17) is 4.42 Å². The minimum Gasteiger partial charge on any atom is -0.458 e. The zero-order chi connectivity index (χ0) is 17.9. The van der Waals surface area contributed by atoms with Crippen molar-refractivity contribution in [2.75, 3.05) is 5.32 Å². The lowest BCUT2D eigenvalue weighted by molar-refractivity contribution is -0.136. The molecule has 0 fully saturated rings. The Labute approximate surface area is 145 Å². The molecule has 0 spiro atoms. The molecule has 0 unspecified atom stereocenters. The molecule has 2 N–H and O–H groups in total. The third kappa shape index (κ3) is 4.21. The summed E-state index contributed by atoms with van der Waals surface area (Å²) in [6.07, 6.45) is -4.54. The van der Waals surface area contributed by atoms with Gasteiger partial charge in [-0.25, -0.2) is 4.79 Å². The number of rotatable bonds is 4. The van der Waals surface area contributed by atoms with Crippen molar-refractivity contribution < 1.29 is 22.4 Å². The van der Waals surface area contributed by atoms with Crippen molar-refractivity contribution in [3.63, 3.8) is 0 Å². The summed E-state index contributed by atoms with van der Waals surface area (Å²) in [6.45, 7) is 0.0609. The molecule has 0 atom stereocenters. The highest BCUT2D eigenvalue weighted by molar-refractivity contribution is 7.13. The number of alkyl halides is 3. The number of hydrogen-bond donors (Lipinski definition) is 2. The maximum atomic E-state index is 12.9. The quantitative estimate of drug-likeness (QED) is 0.654. The van der Waals surface area contributed by atoms with Gasteiger partial charge in [-0.3, -0.25) is 0 Å². The number of carbonyl (C=O) groups is 1. The summed E-state index contributed by atoms with van der Waals surface area (Å²) >= 11 is 1.52. The van der Waals surface area contributed by atoms with Crippen LogP contribution in [0.25, 0.3) is 10.6 Å². The smallest absolute Gasteiger partial charge is 0.418 e. The van der Waals surface area contributed by atoms with E-state index in [9.17, 15) is 18.0 Å². The number of benzene rings is 1. The molecule has 0 aliphatic rings. The van der Waals surface area contributed by atoms with Crippen LogP contribution in [-0.2, 0) is 12.7 Å². The molecule has 8 heteroatoms. The predicted molar refractivity (Wildman–Crippen MR) is 89.3 cm³/mol. The topological polar surface area (TPSA) is 54.3 Å². The van der Waals surface area contributed by atoms with Crippen LogP contribution >= 0.6 is 11.3 Å². The molecule has 130 valence electrons. The van der Waals surface area contributed by atoms with Crippen molar-refractivity contribution in [2.24, 2.45) is 0 Å². The third-order valence-electron chi connectivity index (χ3n) is 3.33. The van der Waals surface area contributed by atoms with Gasteiger partial charge >= 0.3 is 12.2 Å². The average Bonchev–Trinajstić information content (AvgIpc) is 3.24. The number of urea groups is 1. The van der Waals surface area contributed by atoms with E-state index >= 15 is 0 Å². The molecule has 0 saturated heterocycles. The molecule has 4 nitrogen and oxygen atoms in total. The number of anilines is 1. The third-order valence-corrected chi connectivity index (χ3v) is 4.21. The highest BCUT2D eigenvalue weighted by atomic mass is 32.1. The Morgan fingerprint density at radius 1 is 1.08 bits per heavy atom. The summed E-state index contributed by atoms with van der Waals surface area (Å²) in [5.74, 6) is 1.18. The van der Waals surface area contributed by atoms with Crippen molar-refractivity contribution in [3.8, 4) is 10.6 Å². The summed E-state index contributed by atoms with van der Waals surface area (Å²) in [6, 6.07) is 11.3. The number of halogens is 3. The van der Waals surface area contributed by atoms with Gasteiger partial charge in [0.15, 0.2) is 0 Å². The Bertz CT molecular complexity index is 857. The second-order valence-electron chi connectivity index (χ2n) is 5.09. The monoisotopic (exact) mass is 366 g/mol. The Hall–Kier alpha value is -2.74. The highest BCUT2D eigenvalue weighted by Crippen LogP contribution is 2.34. The van der Waals surface area contributed by atoms with Crippen molar-refractivity contribution in [1.82, 2.24) is 5.32 Å². The van der Waals surface area contributed by atoms with Gasteiger partial charge in [0.05, 0.1) is 22.7 Å². The Kier molecular flexibility index (Phi) is 4.80. The van der Waals surface area contributed by atoms with Crippen LogP contribution in [0.3, 0.4) is 0 Å². The van der Waals surface area contributed by atoms with E-state index in [1.165, 1.54) is 29.5 Å². The van der Waals surface area contributed by atoms with E-state index in [1.54, 1.807) is 12.1 Å². The minimum atomic E-state index is -4.54. The Morgan fingerprint density at radius 3 is 2.60 bits per heavy atom. The molecule has 0 bridgehead atoms. The van der Waals surface area contributed by atoms with Gasteiger partial charge in [0.2, 0.25) is 0 Å². The maximum absolute atomic E-state index is 12.9. The molecule has 3 aromatic rings. The second kappa shape index (κ2) is 7.02. The second-order valence-corrected chi connectivity index (χ2v) is 6.04. The van der Waals surface area contributed by atoms with Gasteiger partial charge in [-0.2, -0.15) is 13.2 Å². The first-order valence-electron chi connectivity index (χ1n) is 7.27. The van der Waals surface area contributed by atoms with E-state index in [-0.39, 0.29) is 12.2 Å². The van der Waals surface area contributed by atoms with E-state index in [1.807, 2.05) is 17.5 Å². The Balaban J connectivity index is 1.61. The number of carbonyl (C=O) groups excluding carboxylic acids is 1. The lowest BCUT2D eigenvalue weighted by Gasteiger charge is -2.13. The number of thiophene rings is 1. The van der Waals surface area contributed by atoms with Crippen molar-refractivity contribution in [2.45, 2.75) is 12.7 Å². The largest absolute Gasteiger partial charge is 0.458 e. The van der Waals surface area contributed by atoms with Crippen LogP contribution in [0.1, 0.15) is 11.3 Å². The van der Waals surface area contributed by atoms with Crippen LogP contribution in [0.4, 0.5) is 23.7 Å². The number of furan rings is 1. The van der Waals surface area contributed by atoms with Crippen LogP contribution in [-0.4, -0.2) is 6.03 Å². The zero-order valence-corrected chi connectivity index (χ0v) is 13.6. The average molecular weight is 366 g/mol. The van der Waals surface area contributed by atoms with Crippen LogP contribution in [0, 0.1) is 0 Å². The Morgan fingerprint density at radius 2 is 1.88 bits per heavy atom. The zero-order valence-electron chi connectivity index (χ0n) is 12.8. The molecule has 0 radical (unpaired) electrons. The number of hydrogen-bond acceptors (Lipinski definition) is 3. The van der Waals surface area contributed by atoms with Gasteiger partial charge < -0.3 is 15.1 Å². The van der Waals surface area contributed by atoms with Crippen molar-refractivity contribution in [3.05, 3.63) is 65.2 Å². The van der Waals surface area contributed by atoms with Crippen molar-refractivity contribution in [1.29, 1.82) is 0 Å². The maximum Gasteiger partial charge on any atom is 0.418 e. The lowest BCUT2D eigenvalue weighted by atomic mass is 10.1. The molecule has 1 aromatic carbocycles. The normalized spacial score (nSPS) is 11.3. The van der Waals surface area contributed by atoms with Crippen LogP contribution in [0.2, 0.25) is 0 Å². The highest BCUT2D eigenvalue weighted by Gasteiger charge is 2.33. The first-order valence-corrected chi connectivity index (χ1v) is 8.15. The molecule has 0 aliphatic carbocycles. The molecule has 0 aliphatic heterocycles. The SMILES string of the molecule is O=C(NCc1ccc(-c2cccs2)o1)Nc1ccccc1C(F)(F)F. The van der Waals surface area contributed by atoms with Gasteiger partial charge in [-0.1, -0.05) is 18.2 Å². The van der Waals surface area contributed by atoms with Gasteiger partial charge in [0.25, 0.3) is 0 Å². The molecule has 2 heterocycles. The van der Waals surface area contributed by atoms with E-state index in [2.05, 4.69) is 10.6 Å². The van der Waals surface area contributed by atoms with Gasteiger partial charge in [0, 0.05) is 0 Å². The fraction of sp³-hybridized carbons (Fsp3) is 0.118. The van der Waals surface area contributed by atoms with Crippen LogP contribution in [0.15, 0.2) is 58.3 Å². The summed E-state index contributed by atoms with van der Waals surface area (Å²) < 4.78 is 44.3. The number of para-hydroxylation sites is 1. The summed E-state index contributed by atoms with van der Waals surface area (Å²) in [4.78, 5) is 12.8. The summed E-state index contributed by atoms with van der Waals surface area (Å²) in [5.41, 5.74) is -1.20. The molecule has 2 amide bonds. The molecule has 3 rings (SSSR count). The predicted octanol–water partition coefficient (Wildman–Crippen LogP) is 5.35. The van der Waals surface area contributed by atoms with Gasteiger partial charge in [0.1, 0.15) is 11.5 Å². The molecular weight excluding hydrogens is 353 g/mol. The van der Waals surface area contributed by atoms with E-state index in [0.717, 1.165) is 10.9 Å². The minimum absolute atomic E-state index is 0.0609. The summed E-state index contributed by atoms with van der Waals surface area (Å²) in [5, 5.41) is 6.61. The van der Waals surface area contributed by atoms with Gasteiger partial charge in [-0.15, -0.1) is 11.3 Å². The lowest BCUT2D eigenvalue weighted by Crippen LogP contribution is -2.29. The molecule has 0 saturated carbocycles. The van der Waals surface area contributed by atoms with E-state index in [0.29, 0.717) is 11.5 Å². The first kappa shape index (κ1) is 17.1. The fourth-order valence-corrected chi connectivity index (χ4v) is 2.88. The molecule has 25 heavy (non-hydrogen) atoms. The van der Waals surface area contributed by atoms with Crippen LogP contribution in [0.5, 0.6) is 0 Å². The fourth-order valence-electron chi connectivity index (χ4n) is 2.20. The van der Waals surface area contributed by atoms with Crippen molar-refractivity contribution >= 4 is 23.1 Å². The van der Waals surface area contributed by atoms with E-state index < -0.39 is 17.8 Å². The van der Waals surface area contributed by atoms with Crippen LogP contribution < -0.4 is 10.6 Å².